The van der Waals surface area contributed by atoms with Gasteiger partial charge in [-0.25, -0.2) is 4.79 Å². The van der Waals surface area contributed by atoms with E-state index in [1.165, 1.54) is 38.9 Å². The lowest BCUT2D eigenvalue weighted by molar-refractivity contribution is -0.173. The molecule has 0 saturated carbocycles. The third-order valence-corrected chi connectivity index (χ3v) is 8.80. The number of hydrogen-bond donors (Lipinski definition) is 4. The van der Waals surface area contributed by atoms with Crippen molar-refractivity contribution in [1.82, 2.24) is 5.32 Å². The van der Waals surface area contributed by atoms with Crippen molar-refractivity contribution in [2.24, 2.45) is 11.7 Å². The van der Waals surface area contributed by atoms with Gasteiger partial charge in [0.1, 0.15) is 11.8 Å². The summed E-state index contributed by atoms with van der Waals surface area (Å²) >= 11 is 0. The first-order valence-electron chi connectivity index (χ1n) is 17.8. The van der Waals surface area contributed by atoms with E-state index in [0.717, 1.165) is 63.4 Å². The number of aliphatic carboxylic acids is 1. The molecule has 48 heavy (non-hydrogen) atoms. The molecule has 0 aromatic heterocycles. The maximum Gasteiger partial charge on any atom is 0.339 e. The topological polar surface area (TPSA) is 167 Å². The number of benzene rings is 1. The predicted octanol–water partition coefficient (Wildman–Crippen LogP) is 5.46. The molecule has 11 heteroatoms. The van der Waals surface area contributed by atoms with Gasteiger partial charge in [0.15, 0.2) is 11.4 Å². The lowest BCUT2D eigenvalue weighted by Crippen LogP contribution is -2.57. The Balaban J connectivity index is 1.95. The van der Waals surface area contributed by atoms with Crippen molar-refractivity contribution in [3.8, 4) is 5.75 Å². The van der Waals surface area contributed by atoms with Gasteiger partial charge >= 0.3 is 5.97 Å². The lowest BCUT2D eigenvalue weighted by atomic mass is 9.86. The monoisotopic (exact) mass is 676 g/mol. The van der Waals surface area contributed by atoms with Gasteiger partial charge in [-0.05, 0) is 49.8 Å². The Hall–Kier alpha value is -2.99. The van der Waals surface area contributed by atoms with E-state index >= 15 is 0 Å². The summed E-state index contributed by atoms with van der Waals surface area (Å²) in [4.78, 5) is 38.0. The first kappa shape index (κ1) is 41.2. The largest absolute Gasteiger partial charge is 0.494 e. The highest BCUT2D eigenvalue weighted by atomic mass is 16.7. The molecule has 0 bridgehead atoms. The van der Waals surface area contributed by atoms with Gasteiger partial charge in [0, 0.05) is 26.4 Å². The highest BCUT2D eigenvalue weighted by Gasteiger charge is 2.47. The van der Waals surface area contributed by atoms with Crippen molar-refractivity contribution in [3.05, 3.63) is 42.0 Å². The summed E-state index contributed by atoms with van der Waals surface area (Å²) in [5.74, 6) is -4.53. The van der Waals surface area contributed by atoms with E-state index in [4.69, 9.17) is 24.7 Å². The van der Waals surface area contributed by atoms with E-state index in [1.54, 1.807) is 30.3 Å². The number of ether oxygens (including phenoxy) is 4. The number of carboxylic acid groups (broad SMARTS) is 1. The van der Waals surface area contributed by atoms with Crippen LogP contribution in [0.15, 0.2) is 36.4 Å². The zero-order valence-corrected chi connectivity index (χ0v) is 29.4. The minimum absolute atomic E-state index is 0.0821. The van der Waals surface area contributed by atoms with Crippen LogP contribution in [0.1, 0.15) is 109 Å². The van der Waals surface area contributed by atoms with E-state index < -0.39 is 47.7 Å². The second-order valence-electron chi connectivity index (χ2n) is 12.8. The van der Waals surface area contributed by atoms with Crippen LogP contribution in [-0.2, 0) is 35.0 Å². The van der Waals surface area contributed by atoms with Crippen LogP contribution in [0.2, 0.25) is 0 Å². The van der Waals surface area contributed by atoms with Crippen molar-refractivity contribution < 1.29 is 43.5 Å². The second-order valence-corrected chi connectivity index (χ2v) is 12.8. The Morgan fingerprint density at radius 3 is 2.12 bits per heavy atom. The number of carbonyl (C=O) groups is 3. The predicted molar refractivity (Wildman–Crippen MR) is 184 cm³/mol. The minimum Gasteiger partial charge on any atom is -0.494 e. The molecule has 0 radical (unpaired) electrons. The van der Waals surface area contributed by atoms with Crippen LogP contribution in [-0.4, -0.2) is 79.0 Å². The average Bonchev–Trinajstić information content (AvgIpc) is 3.53. The fourth-order valence-corrected chi connectivity index (χ4v) is 5.90. The molecule has 5 N–H and O–H groups in total. The normalized spacial score (nSPS) is 16.8. The summed E-state index contributed by atoms with van der Waals surface area (Å²) in [6.07, 6.45) is 17.2. The van der Waals surface area contributed by atoms with Gasteiger partial charge in [-0.15, -0.1) is 0 Å². The number of primary amides is 1. The lowest BCUT2D eigenvalue weighted by Gasteiger charge is -2.30. The Morgan fingerprint density at radius 1 is 0.958 bits per heavy atom. The summed E-state index contributed by atoms with van der Waals surface area (Å²) in [7, 11) is 1.24. The van der Waals surface area contributed by atoms with Crippen molar-refractivity contribution in [2.45, 2.75) is 128 Å². The van der Waals surface area contributed by atoms with Crippen LogP contribution >= 0.6 is 0 Å². The average molecular weight is 677 g/mol. The summed E-state index contributed by atoms with van der Waals surface area (Å²) < 4.78 is 22.7. The maximum atomic E-state index is 13.5. The standard InChI is InChI=1S/C37H60N2O9/c1-4-6-8-12-15-22-36(47-25-26-48-36)23-16-13-10-9-11-14-17-31(37(44,28-45-3)35(42)43)34(41)39-32(33(38)40)27-29-18-20-30(21-19-29)46-24-7-5-2/h14,17-21,31-32,44H,4-13,15-16,22-28H2,1-3H3,(H2,38,40)(H,39,41)(H,42,43)/t31-,32+,37+/m1/s1. The van der Waals surface area contributed by atoms with Crippen LogP contribution in [0.3, 0.4) is 0 Å². The van der Waals surface area contributed by atoms with E-state index in [1.807, 2.05) is 0 Å². The number of aliphatic hydroxyl groups is 1. The molecule has 1 aromatic rings. The first-order valence-corrected chi connectivity index (χ1v) is 17.8. The SMILES string of the molecule is CCCCCCCC1(CCCCCCC=C[C@H](C(=O)N[C@@H](Cc2ccc(OCCCC)cc2)C(N)=O)[C@@](O)(COC)C(=O)O)OCCO1. The smallest absolute Gasteiger partial charge is 0.339 e. The molecule has 272 valence electrons. The Morgan fingerprint density at radius 2 is 1.56 bits per heavy atom. The summed E-state index contributed by atoms with van der Waals surface area (Å²) in [6, 6.07) is 5.99. The number of allylic oxidation sites excluding steroid dienone is 1. The number of hydrogen-bond acceptors (Lipinski definition) is 8. The van der Waals surface area contributed by atoms with E-state index in [2.05, 4.69) is 19.2 Å². The molecule has 1 aromatic carbocycles. The zero-order valence-electron chi connectivity index (χ0n) is 29.4. The highest BCUT2D eigenvalue weighted by molar-refractivity contribution is 5.93. The van der Waals surface area contributed by atoms with Gasteiger partial charge < -0.3 is 40.2 Å². The molecule has 1 heterocycles. The number of nitrogens with two attached hydrogens (primary N) is 1. The highest BCUT2D eigenvalue weighted by Crippen LogP contribution is 2.32. The van der Waals surface area contributed by atoms with Gasteiger partial charge in [0.25, 0.3) is 0 Å². The van der Waals surface area contributed by atoms with Crippen LogP contribution in [0, 0.1) is 5.92 Å². The summed E-state index contributed by atoms with van der Waals surface area (Å²) in [6.45, 7) is 5.54. The number of unbranched alkanes of at least 4 members (excludes halogenated alkanes) is 9. The van der Waals surface area contributed by atoms with Crippen molar-refractivity contribution in [1.29, 1.82) is 0 Å². The van der Waals surface area contributed by atoms with Gasteiger partial charge in [0.05, 0.1) is 32.3 Å². The Labute approximate surface area is 286 Å². The maximum absolute atomic E-state index is 13.5. The Kier molecular flexibility index (Phi) is 19.4. The van der Waals surface area contributed by atoms with Gasteiger partial charge in [0.2, 0.25) is 11.8 Å². The minimum atomic E-state index is -2.55. The molecular weight excluding hydrogens is 616 g/mol. The molecule has 11 nitrogen and oxygen atoms in total. The molecule has 1 fully saturated rings. The second kappa shape index (κ2) is 22.6. The van der Waals surface area contributed by atoms with Crippen LogP contribution in [0.25, 0.3) is 0 Å². The number of rotatable bonds is 27. The number of amides is 2. The molecule has 2 rings (SSSR count). The molecule has 1 aliphatic rings. The molecule has 1 saturated heterocycles. The van der Waals surface area contributed by atoms with Crippen molar-refractivity contribution in [2.75, 3.05) is 33.5 Å². The molecular formula is C37H60N2O9. The summed E-state index contributed by atoms with van der Waals surface area (Å²) in [5, 5.41) is 23.6. The molecule has 0 aliphatic carbocycles. The third kappa shape index (κ3) is 14.2. The Bertz CT molecular complexity index is 1100. The number of methoxy groups -OCH3 is 1. The van der Waals surface area contributed by atoms with Crippen molar-refractivity contribution >= 4 is 17.8 Å². The number of carboxylic acids is 1. The van der Waals surface area contributed by atoms with Gasteiger partial charge in [-0.1, -0.05) is 83.1 Å². The van der Waals surface area contributed by atoms with E-state index in [9.17, 15) is 24.6 Å². The third-order valence-electron chi connectivity index (χ3n) is 8.80. The number of carbonyl (C=O) groups excluding carboxylic acids is 2. The molecule has 2 amide bonds. The van der Waals surface area contributed by atoms with E-state index in [0.29, 0.717) is 32.0 Å². The number of nitrogens with one attached hydrogen (secondary N) is 1. The first-order chi connectivity index (χ1) is 23.1. The molecule has 0 unspecified atom stereocenters. The van der Waals surface area contributed by atoms with Crippen LogP contribution in [0.5, 0.6) is 5.75 Å². The molecule has 3 atom stereocenters. The van der Waals surface area contributed by atoms with Crippen LogP contribution < -0.4 is 15.8 Å². The summed E-state index contributed by atoms with van der Waals surface area (Å²) in [5.41, 5.74) is 3.80. The molecule has 0 spiro atoms. The van der Waals surface area contributed by atoms with Gasteiger partial charge in [-0.3, -0.25) is 9.59 Å². The molecule has 1 aliphatic heterocycles. The van der Waals surface area contributed by atoms with Gasteiger partial charge in [-0.2, -0.15) is 0 Å². The van der Waals surface area contributed by atoms with Crippen LogP contribution in [0.4, 0.5) is 0 Å². The fraction of sp³-hybridized carbons (Fsp3) is 0.703. The zero-order chi connectivity index (χ0) is 35.3. The van der Waals surface area contributed by atoms with E-state index in [-0.39, 0.29) is 6.42 Å². The van der Waals surface area contributed by atoms with Crippen molar-refractivity contribution in [3.63, 3.8) is 0 Å². The quantitative estimate of drug-likeness (QED) is 0.0699. The fourth-order valence-electron chi connectivity index (χ4n) is 5.90.